The van der Waals surface area contributed by atoms with E-state index in [4.69, 9.17) is 0 Å². The number of nitrogens with zero attached hydrogens (tertiary/aromatic N) is 2. The molecule has 1 aromatic heterocycles. The minimum Gasteiger partial charge on any atom is -0.292 e. The second-order valence-corrected chi connectivity index (χ2v) is 7.21. The molecule has 0 bridgehead atoms. The van der Waals surface area contributed by atoms with E-state index in [1.807, 2.05) is 6.07 Å². The van der Waals surface area contributed by atoms with E-state index >= 15 is 0 Å². The molecular weight excluding hydrogens is 292 g/mol. The van der Waals surface area contributed by atoms with Gasteiger partial charge < -0.3 is 0 Å². The monoisotopic (exact) mass is 308 g/mol. The Bertz CT molecular complexity index is 822. The third-order valence-electron chi connectivity index (χ3n) is 3.70. The number of aryl methyl sites for hydroxylation is 2. The Kier molecular flexibility index (Phi) is 3.42. The fraction of sp³-hybridized carbons (Fsp3) is 0.385. The van der Waals surface area contributed by atoms with Crippen molar-refractivity contribution in [2.75, 3.05) is 7.05 Å². The van der Waals surface area contributed by atoms with E-state index in [1.54, 1.807) is 12.1 Å². The van der Waals surface area contributed by atoms with Crippen molar-refractivity contribution in [2.24, 2.45) is 0 Å². The standard InChI is InChI=1S/C13H16N4O3S/c1-17(8-12-14-13(18)16-15-12)21(19,20)11-6-5-9-3-2-4-10(9)7-11/h5-7H,2-4,8H2,1H3,(H2,14,15,16,18). The highest BCUT2D eigenvalue weighted by Gasteiger charge is 2.23. The van der Waals surface area contributed by atoms with Gasteiger partial charge in [-0.2, -0.15) is 9.40 Å². The number of fused-ring (bicyclic) bond motifs is 1. The molecule has 1 aliphatic rings. The maximum atomic E-state index is 12.5. The second kappa shape index (κ2) is 5.12. The first-order valence-electron chi connectivity index (χ1n) is 6.68. The van der Waals surface area contributed by atoms with Crippen molar-refractivity contribution in [1.29, 1.82) is 0 Å². The van der Waals surface area contributed by atoms with Gasteiger partial charge in [0.25, 0.3) is 0 Å². The van der Waals surface area contributed by atoms with Crippen molar-refractivity contribution in [2.45, 2.75) is 30.7 Å². The summed E-state index contributed by atoms with van der Waals surface area (Å²) >= 11 is 0. The smallest absolute Gasteiger partial charge is 0.292 e. The van der Waals surface area contributed by atoms with Crippen LogP contribution < -0.4 is 5.69 Å². The van der Waals surface area contributed by atoms with Crippen molar-refractivity contribution >= 4 is 10.0 Å². The summed E-state index contributed by atoms with van der Waals surface area (Å²) in [4.78, 5) is 13.7. The molecule has 0 spiro atoms. The predicted molar refractivity (Wildman–Crippen MR) is 76.3 cm³/mol. The molecule has 0 atom stereocenters. The maximum absolute atomic E-state index is 12.5. The highest BCUT2D eigenvalue weighted by Crippen LogP contribution is 2.26. The number of benzene rings is 1. The van der Waals surface area contributed by atoms with Gasteiger partial charge in [0.1, 0.15) is 5.82 Å². The fourth-order valence-electron chi connectivity index (χ4n) is 2.56. The molecule has 0 fully saturated rings. The Balaban J connectivity index is 1.87. The zero-order valence-electron chi connectivity index (χ0n) is 11.6. The zero-order chi connectivity index (χ0) is 15.0. The molecule has 1 aliphatic carbocycles. The second-order valence-electron chi connectivity index (χ2n) is 5.17. The molecular formula is C13H16N4O3S. The van der Waals surface area contributed by atoms with Gasteiger partial charge in [-0.25, -0.2) is 18.3 Å². The summed E-state index contributed by atoms with van der Waals surface area (Å²) < 4.78 is 26.3. The van der Waals surface area contributed by atoms with Gasteiger partial charge in [-0.3, -0.25) is 4.98 Å². The number of aromatic nitrogens is 3. The first kappa shape index (κ1) is 14.0. The lowest BCUT2D eigenvalue weighted by molar-refractivity contribution is 0.457. The highest BCUT2D eigenvalue weighted by molar-refractivity contribution is 7.89. The molecule has 2 aromatic rings. The van der Waals surface area contributed by atoms with Crippen LogP contribution in [-0.2, 0) is 29.4 Å². The molecule has 7 nitrogen and oxygen atoms in total. The number of nitrogens with one attached hydrogen (secondary N) is 2. The summed E-state index contributed by atoms with van der Waals surface area (Å²) in [5, 5.41) is 5.94. The largest absolute Gasteiger partial charge is 0.340 e. The molecule has 2 N–H and O–H groups in total. The van der Waals surface area contributed by atoms with Gasteiger partial charge in [0.05, 0.1) is 11.4 Å². The molecule has 0 unspecified atom stereocenters. The van der Waals surface area contributed by atoms with Crippen molar-refractivity contribution in [3.05, 3.63) is 45.6 Å². The summed E-state index contributed by atoms with van der Waals surface area (Å²) in [5.41, 5.74) is 1.89. The van der Waals surface area contributed by atoms with E-state index < -0.39 is 15.7 Å². The Morgan fingerprint density at radius 2 is 2.05 bits per heavy atom. The van der Waals surface area contributed by atoms with Crippen molar-refractivity contribution in [3.8, 4) is 0 Å². The average Bonchev–Trinajstić information content (AvgIpc) is 3.06. The number of aromatic amines is 2. The quantitative estimate of drug-likeness (QED) is 0.854. The summed E-state index contributed by atoms with van der Waals surface area (Å²) in [6.07, 6.45) is 3.01. The molecule has 0 saturated carbocycles. The number of hydrogen-bond donors (Lipinski definition) is 2. The van der Waals surface area contributed by atoms with Gasteiger partial charge in [-0.15, -0.1) is 0 Å². The molecule has 0 amide bonds. The third-order valence-corrected chi connectivity index (χ3v) is 5.50. The van der Waals surface area contributed by atoms with Gasteiger partial charge in [0.2, 0.25) is 10.0 Å². The molecule has 1 aromatic carbocycles. The summed E-state index contributed by atoms with van der Waals surface area (Å²) in [5.74, 6) is 0.284. The summed E-state index contributed by atoms with van der Waals surface area (Å²) in [6, 6.07) is 5.28. The van der Waals surface area contributed by atoms with E-state index in [0.29, 0.717) is 0 Å². The van der Waals surface area contributed by atoms with Crippen molar-refractivity contribution in [3.63, 3.8) is 0 Å². The number of rotatable bonds is 4. The van der Waals surface area contributed by atoms with E-state index in [9.17, 15) is 13.2 Å². The van der Waals surface area contributed by atoms with Crippen LogP contribution in [0.4, 0.5) is 0 Å². The van der Waals surface area contributed by atoms with Crippen LogP contribution >= 0.6 is 0 Å². The van der Waals surface area contributed by atoms with Gasteiger partial charge >= 0.3 is 5.69 Å². The van der Waals surface area contributed by atoms with Crippen molar-refractivity contribution in [1.82, 2.24) is 19.5 Å². The zero-order valence-corrected chi connectivity index (χ0v) is 12.4. The van der Waals surface area contributed by atoms with Gasteiger partial charge in [0.15, 0.2) is 0 Å². The third kappa shape index (κ3) is 2.64. The maximum Gasteiger partial charge on any atom is 0.340 e. The average molecular weight is 308 g/mol. The summed E-state index contributed by atoms with van der Waals surface area (Å²) in [7, 11) is -2.12. The van der Waals surface area contributed by atoms with Gasteiger partial charge in [-0.1, -0.05) is 6.07 Å². The molecule has 3 rings (SSSR count). The molecule has 21 heavy (non-hydrogen) atoms. The Labute approximate surface area is 122 Å². The van der Waals surface area contributed by atoms with E-state index in [-0.39, 0.29) is 17.3 Å². The van der Waals surface area contributed by atoms with Crippen LogP contribution in [0.3, 0.4) is 0 Å². The number of sulfonamides is 1. The minimum atomic E-state index is -3.59. The molecule has 0 aliphatic heterocycles. The van der Waals surface area contributed by atoms with Crippen LogP contribution in [-0.4, -0.2) is 35.0 Å². The minimum absolute atomic E-state index is 0.0121. The number of H-pyrrole nitrogens is 2. The first-order valence-corrected chi connectivity index (χ1v) is 8.12. The van der Waals surface area contributed by atoms with Gasteiger partial charge in [-0.05, 0) is 42.5 Å². The first-order chi connectivity index (χ1) is 9.96. The van der Waals surface area contributed by atoms with Crippen LogP contribution in [0, 0.1) is 0 Å². The predicted octanol–water partition coefficient (Wildman–Crippen LogP) is 0.407. The molecule has 112 valence electrons. The van der Waals surface area contributed by atoms with Crippen LogP contribution in [0.25, 0.3) is 0 Å². The van der Waals surface area contributed by atoms with E-state index in [1.165, 1.54) is 16.9 Å². The van der Waals surface area contributed by atoms with Crippen molar-refractivity contribution < 1.29 is 8.42 Å². The Hall–Kier alpha value is -1.93. The fourth-order valence-corrected chi connectivity index (χ4v) is 3.75. The SMILES string of the molecule is CN(Cc1n[nH]c(=O)[nH]1)S(=O)(=O)c1ccc2c(c1)CCC2. The topological polar surface area (TPSA) is 98.9 Å². The van der Waals surface area contributed by atoms with E-state index in [0.717, 1.165) is 24.8 Å². The van der Waals surface area contributed by atoms with E-state index in [2.05, 4.69) is 15.2 Å². The van der Waals surface area contributed by atoms with Crippen LogP contribution in [0.15, 0.2) is 27.9 Å². The lowest BCUT2D eigenvalue weighted by Crippen LogP contribution is -2.27. The lowest BCUT2D eigenvalue weighted by Gasteiger charge is -2.16. The van der Waals surface area contributed by atoms with Gasteiger partial charge in [0, 0.05) is 7.05 Å². The molecule has 0 saturated heterocycles. The Morgan fingerprint density at radius 3 is 2.76 bits per heavy atom. The Morgan fingerprint density at radius 1 is 1.29 bits per heavy atom. The lowest BCUT2D eigenvalue weighted by atomic mass is 10.1. The molecule has 0 radical (unpaired) electrons. The molecule has 1 heterocycles. The highest BCUT2D eigenvalue weighted by atomic mass is 32.2. The number of hydrogen-bond acceptors (Lipinski definition) is 4. The van der Waals surface area contributed by atoms with Crippen LogP contribution in [0.1, 0.15) is 23.4 Å². The van der Waals surface area contributed by atoms with Crippen LogP contribution in [0.5, 0.6) is 0 Å². The summed E-state index contributed by atoms with van der Waals surface area (Å²) in [6.45, 7) is 0.0121. The normalized spacial score (nSPS) is 14.6. The van der Waals surface area contributed by atoms with Crippen LogP contribution in [0.2, 0.25) is 0 Å². The molecule has 8 heteroatoms.